The average molecular weight is 363 g/mol. The van der Waals surface area contributed by atoms with E-state index in [0.29, 0.717) is 17.2 Å². The first-order chi connectivity index (χ1) is 12.2. The van der Waals surface area contributed by atoms with Crippen molar-refractivity contribution < 1.29 is 17.6 Å². The summed E-state index contributed by atoms with van der Waals surface area (Å²) in [5, 5.41) is 3.76. The molecule has 2 aromatic carbocycles. The maximum Gasteiger partial charge on any atom is 0.419 e. The summed E-state index contributed by atoms with van der Waals surface area (Å²) in [5.41, 5.74) is 0.355. The van der Waals surface area contributed by atoms with Gasteiger partial charge < -0.3 is 5.32 Å². The predicted molar refractivity (Wildman–Crippen MR) is 92.5 cm³/mol. The second-order valence-corrected chi connectivity index (χ2v) is 6.21. The zero-order chi connectivity index (χ0) is 19.1. The Morgan fingerprint density at radius 2 is 1.77 bits per heavy atom. The number of hydrogen-bond donors (Lipinski definition) is 1. The van der Waals surface area contributed by atoms with Crippen molar-refractivity contribution in [3.63, 3.8) is 0 Å². The molecule has 7 heteroatoms. The molecule has 3 aromatic rings. The molecule has 0 spiro atoms. The number of aryl methyl sites for hydroxylation is 2. The fraction of sp³-hybridized carbons (Fsp3) is 0.263. The van der Waals surface area contributed by atoms with Crippen LogP contribution in [0, 0.1) is 19.7 Å². The molecule has 0 saturated carbocycles. The first-order valence-corrected chi connectivity index (χ1v) is 8.04. The number of aromatic nitrogens is 2. The third-order valence-corrected chi connectivity index (χ3v) is 4.12. The van der Waals surface area contributed by atoms with Crippen LogP contribution in [0.5, 0.6) is 0 Å². The fourth-order valence-corrected chi connectivity index (χ4v) is 2.85. The molecule has 0 radical (unpaired) electrons. The molecule has 0 aliphatic rings. The van der Waals surface area contributed by atoms with Crippen molar-refractivity contribution in [1.29, 1.82) is 0 Å². The third kappa shape index (κ3) is 3.47. The minimum absolute atomic E-state index is 0.0723. The minimum atomic E-state index is -4.74. The van der Waals surface area contributed by atoms with Gasteiger partial charge >= 0.3 is 6.18 Å². The van der Waals surface area contributed by atoms with E-state index in [1.807, 2.05) is 25.1 Å². The van der Waals surface area contributed by atoms with Gasteiger partial charge in [-0.25, -0.2) is 14.4 Å². The maximum atomic E-state index is 14.4. The van der Waals surface area contributed by atoms with Gasteiger partial charge in [0.2, 0.25) is 0 Å². The largest absolute Gasteiger partial charge is 0.419 e. The Labute approximate surface area is 148 Å². The monoisotopic (exact) mass is 363 g/mol. The van der Waals surface area contributed by atoms with Gasteiger partial charge in [-0.3, -0.25) is 0 Å². The van der Waals surface area contributed by atoms with E-state index in [1.165, 1.54) is 12.1 Å². The fourth-order valence-electron chi connectivity index (χ4n) is 2.85. The van der Waals surface area contributed by atoms with Crippen LogP contribution < -0.4 is 5.32 Å². The lowest BCUT2D eigenvalue weighted by molar-refractivity contribution is -0.140. The molecule has 26 heavy (non-hydrogen) atoms. The topological polar surface area (TPSA) is 37.8 Å². The van der Waals surface area contributed by atoms with Crippen LogP contribution in [0.3, 0.4) is 0 Å². The van der Waals surface area contributed by atoms with Crippen LogP contribution in [0.1, 0.15) is 35.5 Å². The molecule has 1 atom stereocenters. The average Bonchev–Trinajstić information content (AvgIpc) is 2.54. The molecule has 0 bridgehead atoms. The van der Waals surface area contributed by atoms with E-state index in [2.05, 4.69) is 15.3 Å². The molecule has 3 rings (SSSR count). The molecule has 1 aromatic heterocycles. The molecule has 0 fully saturated rings. The highest BCUT2D eigenvalue weighted by atomic mass is 19.4. The van der Waals surface area contributed by atoms with Crippen molar-refractivity contribution >= 4 is 16.7 Å². The van der Waals surface area contributed by atoms with Gasteiger partial charge in [0.15, 0.2) is 0 Å². The first kappa shape index (κ1) is 18.1. The zero-order valence-corrected chi connectivity index (χ0v) is 14.4. The van der Waals surface area contributed by atoms with Gasteiger partial charge in [-0.2, -0.15) is 13.2 Å². The summed E-state index contributed by atoms with van der Waals surface area (Å²) < 4.78 is 53.2. The van der Waals surface area contributed by atoms with E-state index in [-0.39, 0.29) is 5.56 Å². The van der Waals surface area contributed by atoms with Crippen LogP contribution in [0.4, 0.5) is 23.4 Å². The maximum absolute atomic E-state index is 14.4. The molecule has 0 unspecified atom stereocenters. The summed E-state index contributed by atoms with van der Waals surface area (Å²) >= 11 is 0. The first-order valence-electron chi connectivity index (χ1n) is 8.04. The Bertz CT molecular complexity index is 967. The highest BCUT2D eigenvalue weighted by Gasteiger charge is 2.35. The van der Waals surface area contributed by atoms with E-state index < -0.39 is 23.6 Å². The van der Waals surface area contributed by atoms with Crippen LogP contribution in [0.2, 0.25) is 0 Å². The van der Waals surface area contributed by atoms with E-state index in [9.17, 15) is 17.6 Å². The Morgan fingerprint density at radius 1 is 1.04 bits per heavy atom. The normalized spacial score (nSPS) is 13.0. The number of fused-ring (bicyclic) bond motifs is 1. The second kappa shape index (κ2) is 6.55. The Morgan fingerprint density at radius 3 is 2.46 bits per heavy atom. The van der Waals surface area contributed by atoms with Gasteiger partial charge in [0.25, 0.3) is 0 Å². The lowest BCUT2D eigenvalue weighted by Crippen LogP contribution is -2.15. The molecule has 0 aliphatic heterocycles. The molecule has 3 nitrogen and oxygen atoms in total. The number of anilines is 1. The molecule has 1 N–H and O–H groups in total. The Balaban J connectivity index is 2.03. The van der Waals surface area contributed by atoms with Crippen LogP contribution in [0.15, 0.2) is 36.4 Å². The van der Waals surface area contributed by atoms with Gasteiger partial charge in [-0.15, -0.1) is 0 Å². The number of hydrogen-bond acceptors (Lipinski definition) is 3. The van der Waals surface area contributed by atoms with Crippen LogP contribution >= 0.6 is 0 Å². The Kier molecular flexibility index (Phi) is 4.56. The predicted octanol–water partition coefficient (Wildman–Crippen LogP) is 5.58. The molecule has 0 amide bonds. The quantitative estimate of drug-likeness (QED) is 0.618. The number of nitrogens with one attached hydrogen (secondary N) is 1. The number of benzene rings is 2. The molecule has 0 saturated heterocycles. The molecule has 0 aliphatic carbocycles. The number of nitrogens with zero attached hydrogens (tertiary/aromatic N) is 2. The second-order valence-electron chi connectivity index (χ2n) is 6.21. The molecule has 1 heterocycles. The summed E-state index contributed by atoms with van der Waals surface area (Å²) in [7, 11) is 0. The summed E-state index contributed by atoms with van der Waals surface area (Å²) in [6.07, 6.45) is -4.74. The SMILES string of the molecule is Cc1ccc2nc(C)nc(N[C@H](C)c3cccc(C(F)(F)F)c3F)c2c1. The summed E-state index contributed by atoms with van der Waals surface area (Å²) in [5.74, 6) is -0.299. The van der Waals surface area contributed by atoms with Gasteiger partial charge in [0.05, 0.1) is 17.1 Å². The zero-order valence-electron chi connectivity index (χ0n) is 14.4. The molecular weight excluding hydrogens is 346 g/mol. The van der Waals surface area contributed by atoms with Gasteiger partial charge in [0.1, 0.15) is 17.5 Å². The third-order valence-electron chi connectivity index (χ3n) is 4.12. The number of halogens is 4. The van der Waals surface area contributed by atoms with Crippen LogP contribution in [-0.2, 0) is 6.18 Å². The standard InChI is InChI=1S/C19H17F4N3/c1-10-7-8-16-14(9-10)18(26-12(3)25-16)24-11(2)13-5-4-6-15(17(13)20)19(21,22)23/h4-9,11H,1-3H3,(H,24,25,26)/t11-/m1/s1. The number of alkyl halides is 3. The van der Waals surface area contributed by atoms with Gasteiger partial charge in [-0.1, -0.05) is 23.8 Å². The van der Waals surface area contributed by atoms with Gasteiger partial charge in [0, 0.05) is 10.9 Å². The van der Waals surface area contributed by atoms with Crippen molar-refractivity contribution in [3.05, 3.63) is 64.7 Å². The summed E-state index contributed by atoms with van der Waals surface area (Å²) in [6, 6.07) is 8.20. The van der Waals surface area contributed by atoms with E-state index in [1.54, 1.807) is 13.8 Å². The lowest BCUT2D eigenvalue weighted by atomic mass is 10.0. The van der Waals surface area contributed by atoms with Crippen molar-refractivity contribution in [2.24, 2.45) is 0 Å². The smallest absolute Gasteiger partial charge is 0.363 e. The Hall–Kier alpha value is -2.70. The van der Waals surface area contributed by atoms with Crippen molar-refractivity contribution in [3.8, 4) is 0 Å². The lowest BCUT2D eigenvalue weighted by Gasteiger charge is -2.19. The molecule has 136 valence electrons. The van der Waals surface area contributed by atoms with Crippen molar-refractivity contribution in [2.45, 2.75) is 33.0 Å². The van der Waals surface area contributed by atoms with E-state index in [0.717, 1.165) is 17.0 Å². The number of rotatable bonds is 3. The van der Waals surface area contributed by atoms with E-state index in [4.69, 9.17) is 0 Å². The summed E-state index contributed by atoms with van der Waals surface area (Å²) in [4.78, 5) is 8.69. The van der Waals surface area contributed by atoms with Gasteiger partial charge in [-0.05, 0) is 39.0 Å². The van der Waals surface area contributed by atoms with Crippen molar-refractivity contribution in [2.75, 3.05) is 5.32 Å². The van der Waals surface area contributed by atoms with Crippen LogP contribution in [0.25, 0.3) is 10.9 Å². The minimum Gasteiger partial charge on any atom is -0.363 e. The highest BCUT2D eigenvalue weighted by molar-refractivity contribution is 5.89. The van der Waals surface area contributed by atoms with Crippen molar-refractivity contribution in [1.82, 2.24) is 9.97 Å². The van der Waals surface area contributed by atoms with Crippen LogP contribution in [-0.4, -0.2) is 9.97 Å². The van der Waals surface area contributed by atoms with E-state index >= 15 is 0 Å². The molecular formula is C19H17F4N3. The highest BCUT2D eigenvalue weighted by Crippen LogP contribution is 2.35. The summed E-state index contributed by atoms with van der Waals surface area (Å²) in [6.45, 7) is 5.23.